The van der Waals surface area contributed by atoms with Gasteiger partial charge in [0, 0.05) is 42.6 Å². The summed E-state index contributed by atoms with van der Waals surface area (Å²) >= 11 is 5.96. The Bertz CT molecular complexity index is 1040. The van der Waals surface area contributed by atoms with E-state index in [-0.39, 0.29) is 17.7 Å². The van der Waals surface area contributed by atoms with E-state index in [4.69, 9.17) is 11.6 Å². The summed E-state index contributed by atoms with van der Waals surface area (Å²) in [6.45, 7) is 3.81. The SMILES string of the molecule is CCN(C(=O)N1CCC2(CC1)CCN(c1ccc(OC(F)(F)F)cc1)C2=O)c1ccc(Cl)cc1. The van der Waals surface area contributed by atoms with Gasteiger partial charge in [0.05, 0.1) is 5.41 Å². The highest BCUT2D eigenvalue weighted by molar-refractivity contribution is 6.30. The first-order valence-electron chi connectivity index (χ1n) is 11.1. The van der Waals surface area contributed by atoms with Gasteiger partial charge in [-0.15, -0.1) is 13.2 Å². The zero-order valence-corrected chi connectivity index (χ0v) is 19.4. The lowest BCUT2D eigenvalue weighted by Gasteiger charge is -2.39. The Morgan fingerprint density at radius 2 is 1.62 bits per heavy atom. The Kier molecular flexibility index (Phi) is 6.66. The zero-order chi connectivity index (χ0) is 24.5. The normalized spacial score (nSPS) is 17.9. The van der Waals surface area contributed by atoms with Gasteiger partial charge in [-0.05, 0) is 74.7 Å². The van der Waals surface area contributed by atoms with Crippen LogP contribution in [0.5, 0.6) is 5.75 Å². The maximum atomic E-state index is 13.3. The Balaban J connectivity index is 1.39. The van der Waals surface area contributed by atoms with E-state index in [2.05, 4.69) is 4.74 Å². The number of carbonyl (C=O) groups excluding carboxylic acids is 2. The number of urea groups is 1. The molecule has 4 rings (SSSR count). The molecule has 3 amide bonds. The van der Waals surface area contributed by atoms with Gasteiger partial charge < -0.3 is 14.5 Å². The van der Waals surface area contributed by atoms with Gasteiger partial charge in [0.1, 0.15) is 5.75 Å². The van der Waals surface area contributed by atoms with Crippen molar-refractivity contribution in [1.82, 2.24) is 4.90 Å². The number of amides is 3. The topological polar surface area (TPSA) is 53.1 Å². The summed E-state index contributed by atoms with van der Waals surface area (Å²) in [6.07, 6.45) is -3.03. The first-order valence-corrected chi connectivity index (χ1v) is 11.5. The summed E-state index contributed by atoms with van der Waals surface area (Å²) in [6, 6.07) is 12.3. The number of benzene rings is 2. The second-order valence-corrected chi connectivity index (χ2v) is 8.96. The van der Waals surface area contributed by atoms with Crippen molar-refractivity contribution in [2.45, 2.75) is 32.5 Å². The van der Waals surface area contributed by atoms with Crippen LogP contribution in [-0.2, 0) is 4.79 Å². The van der Waals surface area contributed by atoms with Gasteiger partial charge in [-0.2, -0.15) is 0 Å². The number of nitrogens with zero attached hydrogens (tertiary/aromatic N) is 3. The van der Waals surface area contributed by atoms with E-state index in [1.807, 2.05) is 6.92 Å². The van der Waals surface area contributed by atoms with Gasteiger partial charge in [-0.1, -0.05) is 11.6 Å². The predicted octanol–water partition coefficient (Wildman–Crippen LogP) is 5.70. The number of rotatable bonds is 4. The monoisotopic (exact) mass is 495 g/mol. The lowest BCUT2D eigenvalue weighted by atomic mass is 9.77. The third kappa shape index (κ3) is 4.94. The third-order valence-electron chi connectivity index (χ3n) is 6.57. The molecule has 0 aliphatic carbocycles. The van der Waals surface area contributed by atoms with Crippen molar-refractivity contribution in [2.75, 3.05) is 36.0 Å². The molecule has 0 aromatic heterocycles. The van der Waals surface area contributed by atoms with Crippen molar-refractivity contribution in [2.24, 2.45) is 5.41 Å². The Labute approximate surface area is 200 Å². The van der Waals surface area contributed by atoms with Crippen molar-refractivity contribution in [1.29, 1.82) is 0 Å². The van der Waals surface area contributed by atoms with Crippen LogP contribution in [0.15, 0.2) is 48.5 Å². The van der Waals surface area contributed by atoms with Gasteiger partial charge in [0.2, 0.25) is 5.91 Å². The van der Waals surface area contributed by atoms with Gasteiger partial charge in [-0.3, -0.25) is 9.69 Å². The van der Waals surface area contributed by atoms with E-state index < -0.39 is 11.8 Å². The molecule has 0 N–H and O–H groups in total. The van der Waals surface area contributed by atoms with Crippen molar-refractivity contribution in [3.05, 3.63) is 53.6 Å². The van der Waals surface area contributed by atoms with Crippen LogP contribution in [-0.4, -0.2) is 49.4 Å². The van der Waals surface area contributed by atoms with Crippen LogP contribution in [0.3, 0.4) is 0 Å². The summed E-state index contributed by atoms with van der Waals surface area (Å²) in [5, 5.41) is 0.596. The average Bonchev–Trinajstić information content (AvgIpc) is 3.11. The molecule has 34 heavy (non-hydrogen) atoms. The number of piperidine rings is 1. The Morgan fingerprint density at radius 3 is 2.18 bits per heavy atom. The molecule has 1 spiro atoms. The second kappa shape index (κ2) is 9.37. The molecule has 2 saturated heterocycles. The molecule has 0 bridgehead atoms. The number of likely N-dealkylation sites (tertiary alicyclic amines) is 1. The van der Waals surface area contributed by atoms with Gasteiger partial charge in [-0.25, -0.2) is 4.79 Å². The van der Waals surface area contributed by atoms with Crippen LogP contribution in [0.1, 0.15) is 26.2 Å². The lowest BCUT2D eigenvalue weighted by molar-refractivity contribution is -0.274. The van der Waals surface area contributed by atoms with Crippen molar-refractivity contribution in [3.8, 4) is 5.75 Å². The first kappa shape index (κ1) is 24.2. The fourth-order valence-electron chi connectivity index (χ4n) is 4.70. The minimum atomic E-state index is -4.76. The molecule has 2 fully saturated rings. The Hall–Kier alpha value is -2.94. The molecule has 0 radical (unpaired) electrons. The summed E-state index contributed by atoms with van der Waals surface area (Å²) < 4.78 is 41.1. The maximum Gasteiger partial charge on any atom is 0.573 e. The number of hydrogen-bond acceptors (Lipinski definition) is 3. The molecule has 2 heterocycles. The second-order valence-electron chi connectivity index (χ2n) is 8.52. The van der Waals surface area contributed by atoms with E-state index in [0.29, 0.717) is 56.2 Å². The predicted molar refractivity (Wildman–Crippen MR) is 123 cm³/mol. The molecule has 0 atom stereocenters. The van der Waals surface area contributed by atoms with Gasteiger partial charge >= 0.3 is 12.4 Å². The van der Waals surface area contributed by atoms with Gasteiger partial charge in [0.25, 0.3) is 0 Å². The fourth-order valence-corrected chi connectivity index (χ4v) is 4.83. The molecule has 182 valence electrons. The molecule has 6 nitrogen and oxygen atoms in total. The van der Waals surface area contributed by atoms with E-state index >= 15 is 0 Å². The summed E-state index contributed by atoms with van der Waals surface area (Å²) in [4.78, 5) is 31.5. The van der Waals surface area contributed by atoms with Crippen LogP contribution in [0, 0.1) is 5.41 Å². The lowest BCUT2D eigenvalue weighted by Crippen LogP contribution is -2.51. The molecule has 2 aliphatic heterocycles. The van der Waals surface area contributed by atoms with E-state index in [0.717, 1.165) is 5.69 Å². The molecule has 2 aromatic carbocycles. The van der Waals surface area contributed by atoms with Crippen molar-refractivity contribution < 1.29 is 27.5 Å². The largest absolute Gasteiger partial charge is 0.573 e. The van der Waals surface area contributed by atoms with Crippen molar-refractivity contribution >= 4 is 34.9 Å². The number of carbonyl (C=O) groups is 2. The number of anilines is 2. The van der Waals surface area contributed by atoms with Crippen LogP contribution in [0.4, 0.5) is 29.3 Å². The zero-order valence-electron chi connectivity index (χ0n) is 18.6. The van der Waals surface area contributed by atoms with Crippen LogP contribution < -0.4 is 14.5 Å². The summed E-state index contributed by atoms with van der Waals surface area (Å²) in [5.41, 5.74) is 0.739. The van der Waals surface area contributed by atoms with Crippen LogP contribution in [0.25, 0.3) is 0 Å². The molecule has 0 unspecified atom stereocenters. The van der Waals surface area contributed by atoms with Gasteiger partial charge in [0.15, 0.2) is 0 Å². The average molecular weight is 496 g/mol. The number of alkyl halides is 3. The number of ether oxygens (including phenoxy) is 1. The number of halogens is 4. The molecular weight excluding hydrogens is 471 g/mol. The van der Waals surface area contributed by atoms with E-state index in [1.54, 1.807) is 39.0 Å². The fraction of sp³-hybridized carbons (Fsp3) is 0.417. The molecule has 10 heteroatoms. The van der Waals surface area contributed by atoms with Crippen LogP contribution in [0.2, 0.25) is 5.02 Å². The minimum absolute atomic E-state index is 0.0471. The highest BCUT2D eigenvalue weighted by Gasteiger charge is 2.49. The highest BCUT2D eigenvalue weighted by Crippen LogP contribution is 2.43. The Morgan fingerprint density at radius 1 is 1.03 bits per heavy atom. The molecule has 0 saturated carbocycles. The minimum Gasteiger partial charge on any atom is -0.406 e. The molecule has 2 aromatic rings. The quantitative estimate of drug-likeness (QED) is 0.546. The van der Waals surface area contributed by atoms with E-state index in [9.17, 15) is 22.8 Å². The van der Waals surface area contributed by atoms with E-state index in [1.165, 1.54) is 24.3 Å². The summed E-state index contributed by atoms with van der Waals surface area (Å²) in [5.74, 6) is -0.375. The number of hydrogen-bond donors (Lipinski definition) is 0. The smallest absolute Gasteiger partial charge is 0.406 e. The molecular formula is C24H25ClF3N3O3. The first-order chi connectivity index (χ1) is 16.1. The third-order valence-corrected chi connectivity index (χ3v) is 6.82. The van der Waals surface area contributed by atoms with Crippen LogP contribution >= 0.6 is 11.6 Å². The highest BCUT2D eigenvalue weighted by atomic mass is 35.5. The van der Waals surface area contributed by atoms with Crippen molar-refractivity contribution in [3.63, 3.8) is 0 Å². The summed E-state index contributed by atoms with van der Waals surface area (Å²) in [7, 11) is 0. The standard InChI is InChI=1S/C24H25ClF3N3O3/c1-2-30(18-5-3-17(25)4-6-18)22(33)29-14-11-23(12-15-29)13-16-31(21(23)32)19-7-9-20(10-8-19)34-24(26,27)28/h3-10H,2,11-16H2,1H3. The molecule has 2 aliphatic rings. The maximum absolute atomic E-state index is 13.3.